The molecule has 0 unspecified atom stereocenters. The normalized spacial score (nSPS) is 14.1. The molecule has 1 fully saturated rings. The SMILES string of the molecule is Cc1ccc2c(c1)c(N1CCN(C(=O)c3ccc(Cl)cc3)CC1)c(C#N)c(=O)n2C. The Labute approximate surface area is 179 Å². The third-order valence-corrected chi connectivity index (χ3v) is 5.86. The minimum atomic E-state index is -0.302. The maximum atomic E-state index is 12.8. The lowest BCUT2D eigenvalue weighted by Crippen LogP contribution is -2.49. The van der Waals surface area contributed by atoms with Gasteiger partial charge in [0.05, 0.1) is 11.2 Å². The van der Waals surface area contributed by atoms with Gasteiger partial charge in [0.2, 0.25) is 0 Å². The van der Waals surface area contributed by atoms with Crippen LogP contribution in [0, 0.1) is 18.3 Å². The molecule has 0 radical (unpaired) electrons. The number of amides is 1. The molecule has 1 aliphatic heterocycles. The van der Waals surface area contributed by atoms with Crippen LogP contribution in [0.4, 0.5) is 5.69 Å². The third kappa shape index (κ3) is 3.42. The van der Waals surface area contributed by atoms with E-state index < -0.39 is 0 Å². The van der Waals surface area contributed by atoms with Crippen molar-refractivity contribution in [3.05, 3.63) is 74.5 Å². The van der Waals surface area contributed by atoms with Crippen molar-refractivity contribution in [1.29, 1.82) is 5.26 Å². The summed E-state index contributed by atoms with van der Waals surface area (Å²) < 4.78 is 1.52. The summed E-state index contributed by atoms with van der Waals surface area (Å²) in [6, 6.07) is 14.9. The molecule has 6 nitrogen and oxygen atoms in total. The van der Waals surface area contributed by atoms with Gasteiger partial charge in [-0.25, -0.2) is 0 Å². The van der Waals surface area contributed by atoms with Crippen molar-refractivity contribution in [2.45, 2.75) is 6.92 Å². The van der Waals surface area contributed by atoms with E-state index in [1.807, 2.05) is 30.0 Å². The molecule has 7 heteroatoms. The van der Waals surface area contributed by atoms with E-state index in [4.69, 9.17) is 11.6 Å². The van der Waals surface area contributed by atoms with Crippen LogP contribution >= 0.6 is 11.6 Å². The summed E-state index contributed by atoms with van der Waals surface area (Å²) in [5.74, 6) is -0.0449. The number of carbonyl (C=O) groups is 1. The molecule has 152 valence electrons. The Bertz CT molecular complexity index is 1230. The number of nitriles is 1. The average Bonchev–Trinajstić information content (AvgIpc) is 2.76. The summed E-state index contributed by atoms with van der Waals surface area (Å²) >= 11 is 5.92. The minimum absolute atomic E-state index is 0.0449. The second kappa shape index (κ2) is 7.85. The number of aryl methyl sites for hydroxylation is 2. The van der Waals surface area contributed by atoms with Crippen molar-refractivity contribution in [2.24, 2.45) is 7.05 Å². The summed E-state index contributed by atoms with van der Waals surface area (Å²) in [6.07, 6.45) is 0. The largest absolute Gasteiger partial charge is 0.366 e. The second-order valence-electron chi connectivity index (χ2n) is 7.51. The molecule has 0 spiro atoms. The zero-order chi connectivity index (χ0) is 21.4. The van der Waals surface area contributed by atoms with E-state index in [0.717, 1.165) is 16.5 Å². The van der Waals surface area contributed by atoms with Gasteiger partial charge in [0.25, 0.3) is 11.5 Å². The Hall–Kier alpha value is -3.30. The number of benzene rings is 2. The lowest BCUT2D eigenvalue weighted by molar-refractivity contribution is 0.0747. The lowest BCUT2D eigenvalue weighted by atomic mass is 10.0. The standard InChI is InChI=1S/C23H21ClN4O2/c1-15-3-8-20-18(13-15)21(19(14-25)23(30)26(20)2)27-9-11-28(12-10-27)22(29)16-4-6-17(24)7-5-16/h3-8,13H,9-12H2,1-2H3. The van der Waals surface area contributed by atoms with Gasteiger partial charge in [-0.15, -0.1) is 0 Å². The van der Waals surface area contributed by atoms with Gasteiger partial charge in [0.15, 0.2) is 0 Å². The number of anilines is 1. The fraction of sp³-hybridized carbons (Fsp3) is 0.261. The Morgan fingerprint density at radius 2 is 1.73 bits per heavy atom. The van der Waals surface area contributed by atoms with Gasteiger partial charge < -0.3 is 14.4 Å². The fourth-order valence-corrected chi connectivity index (χ4v) is 4.11. The number of pyridine rings is 1. The molecule has 0 aliphatic carbocycles. The van der Waals surface area contributed by atoms with Crippen LogP contribution in [0.1, 0.15) is 21.5 Å². The molecule has 1 amide bonds. The van der Waals surface area contributed by atoms with Crippen molar-refractivity contribution in [2.75, 3.05) is 31.1 Å². The predicted octanol–water partition coefficient (Wildman–Crippen LogP) is 3.33. The highest BCUT2D eigenvalue weighted by molar-refractivity contribution is 6.30. The summed E-state index contributed by atoms with van der Waals surface area (Å²) in [4.78, 5) is 29.4. The number of nitrogens with zero attached hydrogens (tertiary/aromatic N) is 4. The van der Waals surface area contributed by atoms with E-state index in [1.54, 1.807) is 36.2 Å². The van der Waals surface area contributed by atoms with E-state index in [9.17, 15) is 14.9 Å². The topological polar surface area (TPSA) is 69.3 Å². The zero-order valence-corrected chi connectivity index (χ0v) is 17.6. The van der Waals surface area contributed by atoms with Crippen molar-refractivity contribution in [1.82, 2.24) is 9.47 Å². The first-order valence-corrected chi connectivity index (χ1v) is 10.1. The summed E-state index contributed by atoms with van der Waals surface area (Å²) in [5.41, 5.74) is 2.96. The van der Waals surface area contributed by atoms with Crippen molar-refractivity contribution in [3.8, 4) is 6.07 Å². The van der Waals surface area contributed by atoms with Crippen LogP contribution < -0.4 is 10.5 Å². The molecule has 2 heterocycles. The number of halogens is 1. The molecule has 0 bridgehead atoms. The molecule has 0 atom stereocenters. The molecule has 4 rings (SSSR count). The van der Waals surface area contributed by atoms with Crippen molar-refractivity contribution >= 4 is 34.1 Å². The number of piperazine rings is 1. The van der Waals surface area contributed by atoms with E-state index in [-0.39, 0.29) is 17.0 Å². The summed E-state index contributed by atoms with van der Waals surface area (Å²) in [7, 11) is 1.69. The van der Waals surface area contributed by atoms with Gasteiger partial charge >= 0.3 is 0 Å². The maximum absolute atomic E-state index is 12.8. The predicted molar refractivity (Wildman–Crippen MR) is 118 cm³/mol. The van der Waals surface area contributed by atoms with Crippen LogP contribution in [0.5, 0.6) is 0 Å². The summed E-state index contributed by atoms with van der Waals surface area (Å²) in [5, 5.41) is 11.2. The minimum Gasteiger partial charge on any atom is -0.366 e. The maximum Gasteiger partial charge on any atom is 0.270 e. The molecule has 30 heavy (non-hydrogen) atoms. The number of rotatable bonds is 2. The Kier molecular flexibility index (Phi) is 5.23. The third-order valence-electron chi connectivity index (χ3n) is 5.61. The van der Waals surface area contributed by atoms with Gasteiger partial charge in [0.1, 0.15) is 11.6 Å². The van der Waals surface area contributed by atoms with Crippen LogP contribution in [0.3, 0.4) is 0 Å². The van der Waals surface area contributed by atoms with Crippen LogP contribution in [0.15, 0.2) is 47.3 Å². The summed E-state index contributed by atoms with van der Waals surface area (Å²) in [6.45, 7) is 4.10. The Morgan fingerprint density at radius 1 is 1.07 bits per heavy atom. The number of hydrogen-bond donors (Lipinski definition) is 0. The van der Waals surface area contributed by atoms with E-state index in [1.165, 1.54) is 4.57 Å². The number of aromatic nitrogens is 1. The Balaban J connectivity index is 1.67. The first-order valence-electron chi connectivity index (χ1n) is 9.74. The smallest absolute Gasteiger partial charge is 0.270 e. The van der Waals surface area contributed by atoms with Gasteiger partial charge in [0, 0.05) is 49.2 Å². The molecule has 3 aromatic rings. The highest BCUT2D eigenvalue weighted by atomic mass is 35.5. The fourth-order valence-electron chi connectivity index (χ4n) is 3.98. The van der Waals surface area contributed by atoms with Crippen LogP contribution in [-0.4, -0.2) is 41.6 Å². The quantitative estimate of drug-likeness (QED) is 0.637. The van der Waals surface area contributed by atoms with Crippen LogP contribution in [-0.2, 0) is 7.05 Å². The molecule has 1 saturated heterocycles. The molecule has 2 aromatic carbocycles. The highest BCUT2D eigenvalue weighted by Gasteiger charge is 2.26. The first-order chi connectivity index (χ1) is 14.4. The molecular weight excluding hydrogens is 400 g/mol. The van der Waals surface area contributed by atoms with Crippen molar-refractivity contribution < 1.29 is 4.79 Å². The van der Waals surface area contributed by atoms with E-state index in [0.29, 0.717) is 42.5 Å². The number of carbonyl (C=O) groups excluding carboxylic acids is 1. The van der Waals surface area contributed by atoms with Gasteiger partial charge in [-0.05, 0) is 43.3 Å². The molecular formula is C23H21ClN4O2. The van der Waals surface area contributed by atoms with Gasteiger partial charge in [-0.1, -0.05) is 23.2 Å². The monoisotopic (exact) mass is 420 g/mol. The van der Waals surface area contributed by atoms with Gasteiger partial charge in [-0.3, -0.25) is 9.59 Å². The lowest BCUT2D eigenvalue weighted by Gasteiger charge is -2.37. The van der Waals surface area contributed by atoms with E-state index in [2.05, 4.69) is 6.07 Å². The molecule has 1 aromatic heterocycles. The molecule has 0 N–H and O–H groups in total. The van der Waals surface area contributed by atoms with Crippen molar-refractivity contribution in [3.63, 3.8) is 0 Å². The second-order valence-corrected chi connectivity index (χ2v) is 7.94. The average molecular weight is 421 g/mol. The Morgan fingerprint density at radius 3 is 2.37 bits per heavy atom. The number of hydrogen-bond acceptors (Lipinski definition) is 4. The molecule has 0 saturated carbocycles. The van der Waals surface area contributed by atoms with Gasteiger partial charge in [-0.2, -0.15) is 5.26 Å². The molecule has 1 aliphatic rings. The number of fused-ring (bicyclic) bond motifs is 1. The first kappa shape index (κ1) is 20.0. The van der Waals surface area contributed by atoms with Crippen LogP contribution in [0.2, 0.25) is 5.02 Å². The zero-order valence-electron chi connectivity index (χ0n) is 16.9. The highest BCUT2D eigenvalue weighted by Crippen LogP contribution is 2.30. The van der Waals surface area contributed by atoms with Crippen LogP contribution in [0.25, 0.3) is 10.9 Å². The van der Waals surface area contributed by atoms with E-state index >= 15 is 0 Å².